The summed E-state index contributed by atoms with van der Waals surface area (Å²) in [6.45, 7) is 1.73. The van der Waals surface area contributed by atoms with Crippen molar-refractivity contribution in [3.8, 4) is 0 Å². The minimum Gasteiger partial charge on any atom is -0.353 e. The van der Waals surface area contributed by atoms with Crippen LogP contribution in [0.25, 0.3) is 0 Å². The molecule has 0 bridgehead atoms. The van der Waals surface area contributed by atoms with E-state index in [9.17, 15) is 18.8 Å². The van der Waals surface area contributed by atoms with Crippen LogP contribution < -0.4 is 15.5 Å². The predicted octanol–water partition coefficient (Wildman–Crippen LogP) is 1.87. The lowest BCUT2D eigenvalue weighted by Gasteiger charge is -2.37. The monoisotopic (exact) mass is 450 g/mol. The van der Waals surface area contributed by atoms with Crippen molar-refractivity contribution in [2.75, 3.05) is 24.5 Å². The second kappa shape index (κ2) is 8.94. The number of halogens is 1. The van der Waals surface area contributed by atoms with Crippen molar-refractivity contribution < 1.29 is 18.8 Å². The summed E-state index contributed by atoms with van der Waals surface area (Å²) in [5, 5.41) is 5.90. The average Bonchev–Trinajstić information content (AvgIpc) is 3.43. The molecule has 33 heavy (non-hydrogen) atoms. The van der Waals surface area contributed by atoms with Gasteiger partial charge in [-0.15, -0.1) is 0 Å². The Morgan fingerprint density at radius 1 is 1.15 bits per heavy atom. The molecule has 3 amide bonds. The number of rotatable bonds is 5. The first-order valence-corrected chi connectivity index (χ1v) is 11.5. The number of hydrogen-bond acceptors (Lipinski definition) is 4. The number of para-hydroxylation sites is 1. The molecule has 172 valence electrons. The number of anilines is 1. The number of carbonyl (C=O) groups is 3. The second-order valence-corrected chi connectivity index (χ2v) is 8.99. The van der Waals surface area contributed by atoms with Gasteiger partial charge in [0, 0.05) is 49.4 Å². The van der Waals surface area contributed by atoms with Crippen LogP contribution in [0, 0.1) is 5.82 Å². The summed E-state index contributed by atoms with van der Waals surface area (Å²) in [4.78, 5) is 41.9. The van der Waals surface area contributed by atoms with Crippen LogP contribution in [0.15, 0.2) is 48.5 Å². The molecule has 0 aromatic heterocycles. The van der Waals surface area contributed by atoms with E-state index in [1.807, 2.05) is 23.1 Å². The van der Waals surface area contributed by atoms with Crippen molar-refractivity contribution in [2.45, 2.75) is 43.8 Å². The molecule has 0 aliphatic carbocycles. The summed E-state index contributed by atoms with van der Waals surface area (Å²) >= 11 is 0. The van der Waals surface area contributed by atoms with Gasteiger partial charge in [-0.05, 0) is 49.1 Å². The zero-order chi connectivity index (χ0) is 22.9. The van der Waals surface area contributed by atoms with Crippen LogP contribution >= 0.6 is 0 Å². The molecule has 0 spiro atoms. The highest BCUT2D eigenvalue weighted by molar-refractivity contribution is 5.95. The summed E-state index contributed by atoms with van der Waals surface area (Å²) in [6.07, 6.45) is 2.41. The summed E-state index contributed by atoms with van der Waals surface area (Å²) in [5.74, 6) is -0.757. The van der Waals surface area contributed by atoms with Gasteiger partial charge in [0.15, 0.2) is 0 Å². The molecule has 2 aromatic rings. The maximum absolute atomic E-state index is 13.5. The van der Waals surface area contributed by atoms with E-state index in [2.05, 4.69) is 21.6 Å². The number of amides is 3. The Morgan fingerprint density at radius 2 is 2.00 bits per heavy atom. The standard InChI is InChI=1S/C25H27FN4O3/c26-18-6-3-5-17(12-18)24(32)28-19-13-22-25(33)27-14-20(30(22)15-19)8-9-23(31)29-11-10-16-4-1-2-7-21(16)29/h1-7,12,19-20,22H,8-11,13-15H2,(H,27,33)(H,28,32)/t19-,20+,22-/m0/s1. The maximum Gasteiger partial charge on any atom is 0.251 e. The number of carbonyl (C=O) groups excluding carboxylic acids is 3. The van der Waals surface area contributed by atoms with Gasteiger partial charge in [0.1, 0.15) is 5.82 Å². The minimum absolute atomic E-state index is 0.0329. The largest absolute Gasteiger partial charge is 0.353 e. The Labute approximate surface area is 191 Å². The Bertz CT molecular complexity index is 1090. The van der Waals surface area contributed by atoms with Crippen LogP contribution in [0.5, 0.6) is 0 Å². The SMILES string of the molecule is O=C(N[C@H]1C[C@H]2C(=O)NC[C@@H](CCC(=O)N3CCc4ccccc43)N2C1)c1cccc(F)c1. The number of piperazine rings is 1. The molecule has 0 unspecified atom stereocenters. The van der Waals surface area contributed by atoms with Crippen molar-refractivity contribution in [3.05, 3.63) is 65.5 Å². The van der Waals surface area contributed by atoms with E-state index < -0.39 is 5.82 Å². The van der Waals surface area contributed by atoms with Gasteiger partial charge in [-0.1, -0.05) is 24.3 Å². The maximum atomic E-state index is 13.5. The Balaban J connectivity index is 1.20. The fourth-order valence-electron chi connectivity index (χ4n) is 5.27. The highest BCUT2D eigenvalue weighted by Gasteiger charge is 2.44. The molecular formula is C25H27FN4O3. The molecule has 0 radical (unpaired) electrons. The molecule has 3 aliphatic heterocycles. The molecule has 3 heterocycles. The van der Waals surface area contributed by atoms with E-state index in [1.54, 1.807) is 6.07 Å². The van der Waals surface area contributed by atoms with Gasteiger partial charge in [-0.3, -0.25) is 19.3 Å². The third-order valence-electron chi connectivity index (χ3n) is 6.92. The molecule has 2 saturated heterocycles. The summed E-state index contributed by atoms with van der Waals surface area (Å²) in [5.41, 5.74) is 2.46. The van der Waals surface area contributed by atoms with E-state index in [-0.39, 0.29) is 41.4 Å². The van der Waals surface area contributed by atoms with E-state index in [4.69, 9.17) is 0 Å². The fraction of sp³-hybridized carbons (Fsp3) is 0.400. The van der Waals surface area contributed by atoms with Crippen molar-refractivity contribution in [1.29, 1.82) is 0 Å². The van der Waals surface area contributed by atoms with Crippen LogP contribution in [0.2, 0.25) is 0 Å². The van der Waals surface area contributed by atoms with Gasteiger partial charge in [-0.2, -0.15) is 0 Å². The van der Waals surface area contributed by atoms with Gasteiger partial charge >= 0.3 is 0 Å². The van der Waals surface area contributed by atoms with Crippen molar-refractivity contribution >= 4 is 23.4 Å². The molecule has 2 aromatic carbocycles. The fourth-order valence-corrected chi connectivity index (χ4v) is 5.27. The highest BCUT2D eigenvalue weighted by atomic mass is 19.1. The number of nitrogens with zero attached hydrogens (tertiary/aromatic N) is 2. The van der Waals surface area contributed by atoms with Crippen LogP contribution in [0.1, 0.15) is 35.2 Å². The lowest BCUT2D eigenvalue weighted by molar-refractivity contribution is -0.129. The van der Waals surface area contributed by atoms with Gasteiger partial charge in [0.2, 0.25) is 11.8 Å². The normalized spacial score (nSPS) is 24.2. The van der Waals surface area contributed by atoms with Crippen LogP contribution in [0.4, 0.5) is 10.1 Å². The summed E-state index contributed by atoms with van der Waals surface area (Å²) in [6, 6.07) is 13.1. The van der Waals surface area contributed by atoms with Gasteiger partial charge in [-0.25, -0.2) is 4.39 Å². The third-order valence-corrected chi connectivity index (χ3v) is 6.92. The molecule has 7 nitrogen and oxygen atoms in total. The van der Waals surface area contributed by atoms with E-state index in [1.165, 1.54) is 23.8 Å². The van der Waals surface area contributed by atoms with Crippen LogP contribution in [0.3, 0.4) is 0 Å². The van der Waals surface area contributed by atoms with E-state index in [0.29, 0.717) is 38.9 Å². The molecule has 3 atom stereocenters. The first-order valence-electron chi connectivity index (χ1n) is 11.5. The van der Waals surface area contributed by atoms with Crippen LogP contribution in [-0.4, -0.2) is 60.4 Å². The molecule has 8 heteroatoms. The number of hydrogen-bond donors (Lipinski definition) is 2. The van der Waals surface area contributed by atoms with E-state index >= 15 is 0 Å². The quantitative estimate of drug-likeness (QED) is 0.729. The third kappa shape index (κ3) is 4.35. The molecule has 2 N–H and O–H groups in total. The lowest BCUT2D eigenvalue weighted by Crippen LogP contribution is -2.58. The Morgan fingerprint density at radius 3 is 2.85 bits per heavy atom. The molecular weight excluding hydrogens is 423 g/mol. The van der Waals surface area contributed by atoms with Crippen molar-refractivity contribution in [2.24, 2.45) is 0 Å². The zero-order valence-corrected chi connectivity index (χ0v) is 18.3. The topological polar surface area (TPSA) is 81.8 Å². The highest BCUT2D eigenvalue weighted by Crippen LogP contribution is 2.30. The average molecular weight is 451 g/mol. The number of fused-ring (bicyclic) bond motifs is 2. The first kappa shape index (κ1) is 21.6. The second-order valence-electron chi connectivity index (χ2n) is 8.99. The van der Waals surface area contributed by atoms with Crippen LogP contribution in [-0.2, 0) is 16.0 Å². The predicted molar refractivity (Wildman–Crippen MR) is 121 cm³/mol. The summed E-state index contributed by atoms with van der Waals surface area (Å²) in [7, 11) is 0. The molecule has 5 rings (SSSR count). The van der Waals surface area contributed by atoms with Gasteiger partial charge in [0.25, 0.3) is 5.91 Å². The molecule has 0 saturated carbocycles. The summed E-state index contributed by atoms with van der Waals surface area (Å²) < 4.78 is 13.5. The Hall–Kier alpha value is -3.26. The smallest absolute Gasteiger partial charge is 0.251 e. The minimum atomic E-state index is -0.462. The zero-order valence-electron chi connectivity index (χ0n) is 18.3. The molecule has 3 aliphatic rings. The number of benzene rings is 2. The Kier molecular flexibility index (Phi) is 5.85. The number of nitrogens with one attached hydrogen (secondary N) is 2. The lowest BCUT2D eigenvalue weighted by atomic mass is 10.0. The first-order chi connectivity index (χ1) is 16.0. The molecule has 2 fully saturated rings. The van der Waals surface area contributed by atoms with Gasteiger partial charge in [0.05, 0.1) is 6.04 Å². The van der Waals surface area contributed by atoms with Crippen molar-refractivity contribution in [1.82, 2.24) is 15.5 Å². The van der Waals surface area contributed by atoms with Crippen molar-refractivity contribution in [3.63, 3.8) is 0 Å². The van der Waals surface area contributed by atoms with E-state index in [0.717, 1.165) is 12.1 Å². The van der Waals surface area contributed by atoms with Gasteiger partial charge < -0.3 is 15.5 Å².